The van der Waals surface area contributed by atoms with Crippen LogP contribution in [0.25, 0.3) is 20.8 Å². The summed E-state index contributed by atoms with van der Waals surface area (Å²) in [5.41, 5.74) is 1.75. The van der Waals surface area contributed by atoms with Crippen molar-refractivity contribution in [2.75, 3.05) is 0 Å². The van der Waals surface area contributed by atoms with Gasteiger partial charge in [0.25, 0.3) is 0 Å². The summed E-state index contributed by atoms with van der Waals surface area (Å²) in [7, 11) is 0. The Kier molecular flexibility index (Phi) is 2.97. The molecular formula is C14H8ClNO2S. The van der Waals surface area contributed by atoms with Crippen LogP contribution in [0.2, 0.25) is 5.02 Å². The monoisotopic (exact) mass is 289 g/mol. The highest BCUT2D eigenvalue weighted by atomic mass is 35.5. The van der Waals surface area contributed by atoms with E-state index in [-0.39, 0.29) is 5.56 Å². The standard InChI is InChI=1S/C14H8ClNO2S/c15-10-6-5-8(14(17)18)7-9(10)13-16-11-3-1-2-4-12(11)19-13/h1-7H,(H,17,18). The van der Waals surface area contributed by atoms with E-state index in [4.69, 9.17) is 16.7 Å². The van der Waals surface area contributed by atoms with Crippen LogP contribution in [0.3, 0.4) is 0 Å². The first kappa shape index (κ1) is 12.1. The number of hydrogen-bond acceptors (Lipinski definition) is 3. The minimum atomic E-state index is -0.973. The number of aromatic nitrogens is 1. The molecule has 0 saturated heterocycles. The van der Waals surface area contributed by atoms with Crippen molar-refractivity contribution >= 4 is 39.1 Å². The van der Waals surface area contributed by atoms with Gasteiger partial charge in [-0.2, -0.15) is 0 Å². The Morgan fingerprint density at radius 2 is 2.00 bits per heavy atom. The zero-order valence-corrected chi connectivity index (χ0v) is 11.2. The number of carboxylic acids is 1. The first-order valence-corrected chi connectivity index (χ1v) is 6.73. The molecule has 0 atom stereocenters. The lowest BCUT2D eigenvalue weighted by Crippen LogP contribution is -1.96. The maximum absolute atomic E-state index is 11.0. The molecule has 0 amide bonds. The predicted molar refractivity (Wildman–Crippen MR) is 77.0 cm³/mol. The minimum absolute atomic E-state index is 0.207. The van der Waals surface area contributed by atoms with Gasteiger partial charge in [-0.3, -0.25) is 0 Å². The number of aromatic carboxylic acids is 1. The number of thiazole rings is 1. The maximum atomic E-state index is 11.0. The molecule has 0 aliphatic rings. The van der Waals surface area contributed by atoms with E-state index >= 15 is 0 Å². The van der Waals surface area contributed by atoms with E-state index in [2.05, 4.69) is 4.98 Å². The van der Waals surface area contributed by atoms with Gasteiger partial charge in [0, 0.05) is 5.56 Å². The topological polar surface area (TPSA) is 50.2 Å². The summed E-state index contributed by atoms with van der Waals surface area (Å²) < 4.78 is 1.05. The number of nitrogens with zero attached hydrogens (tertiary/aromatic N) is 1. The van der Waals surface area contributed by atoms with Crippen molar-refractivity contribution in [3.63, 3.8) is 0 Å². The zero-order valence-electron chi connectivity index (χ0n) is 9.63. The fourth-order valence-electron chi connectivity index (χ4n) is 1.81. The molecule has 1 heterocycles. The summed E-state index contributed by atoms with van der Waals surface area (Å²) in [6.45, 7) is 0. The third-order valence-electron chi connectivity index (χ3n) is 2.74. The van der Waals surface area contributed by atoms with Gasteiger partial charge >= 0.3 is 5.97 Å². The lowest BCUT2D eigenvalue weighted by molar-refractivity contribution is 0.0697. The molecule has 0 fully saturated rings. The normalized spacial score (nSPS) is 10.8. The van der Waals surface area contributed by atoms with Gasteiger partial charge in [-0.1, -0.05) is 23.7 Å². The molecule has 94 valence electrons. The molecule has 0 bridgehead atoms. The summed E-state index contributed by atoms with van der Waals surface area (Å²) in [6.07, 6.45) is 0. The van der Waals surface area contributed by atoms with Gasteiger partial charge < -0.3 is 5.11 Å². The molecule has 3 rings (SSSR count). The molecule has 3 aromatic rings. The fraction of sp³-hybridized carbons (Fsp3) is 0. The molecule has 5 heteroatoms. The second-order valence-electron chi connectivity index (χ2n) is 3.99. The van der Waals surface area contributed by atoms with E-state index in [1.165, 1.54) is 17.4 Å². The average Bonchev–Trinajstić information content (AvgIpc) is 2.82. The van der Waals surface area contributed by atoms with Crippen LogP contribution in [0.4, 0.5) is 0 Å². The Morgan fingerprint density at radius 3 is 2.74 bits per heavy atom. The molecular weight excluding hydrogens is 282 g/mol. The lowest BCUT2D eigenvalue weighted by atomic mass is 10.1. The number of carbonyl (C=O) groups is 1. The van der Waals surface area contributed by atoms with E-state index in [1.807, 2.05) is 24.3 Å². The van der Waals surface area contributed by atoms with Crippen LogP contribution in [0.15, 0.2) is 42.5 Å². The highest BCUT2D eigenvalue weighted by molar-refractivity contribution is 7.21. The number of carboxylic acid groups (broad SMARTS) is 1. The number of hydrogen-bond donors (Lipinski definition) is 1. The highest BCUT2D eigenvalue weighted by Gasteiger charge is 2.12. The van der Waals surface area contributed by atoms with E-state index in [0.29, 0.717) is 10.6 Å². The molecule has 19 heavy (non-hydrogen) atoms. The van der Waals surface area contributed by atoms with Crippen molar-refractivity contribution in [3.05, 3.63) is 53.1 Å². The molecule has 0 aliphatic heterocycles. The van der Waals surface area contributed by atoms with Crippen LogP contribution >= 0.6 is 22.9 Å². The predicted octanol–water partition coefficient (Wildman–Crippen LogP) is 4.31. The largest absolute Gasteiger partial charge is 0.478 e. The van der Waals surface area contributed by atoms with Gasteiger partial charge in [0.05, 0.1) is 20.8 Å². The van der Waals surface area contributed by atoms with Crippen LogP contribution in [0.1, 0.15) is 10.4 Å². The van der Waals surface area contributed by atoms with Crippen LogP contribution in [0.5, 0.6) is 0 Å². The first-order valence-electron chi connectivity index (χ1n) is 5.54. The van der Waals surface area contributed by atoms with Crippen molar-refractivity contribution in [2.45, 2.75) is 0 Å². The lowest BCUT2D eigenvalue weighted by Gasteiger charge is -2.01. The molecule has 0 radical (unpaired) electrons. The average molecular weight is 290 g/mol. The summed E-state index contributed by atoms with van der Waals surface area (Å²) in [6, 6.07) is 12.4. The summed E-state index contributed by atoms with van der Waals surface area (Å²) in [4.78, 5) is 15.5. The zero-order chi connectivity index (χ0) is 13.4. The molecule has 1 aromatic heterocycles. The third kappa shape index (κ3) is 2.20. The van der Waals surface area contributed by atoms with Crippen molar-refractivity contribution in [3.8, 4) is 10.6 Å². The van der Waals surface area contributed by atoms with Gasteiger partial charge in [0.15, 0.2) is 0 Å². The van der Waals surface area contributed by atoms with Crippen molar-refractivity contribution < 1.29 is 9.90 Å². The Bertz CT molecular complexity index is 749. The Balaban J connectivity index is 2.20. The maximum Gasteiger partial charge on any atom is 0.335 e. The van der Waals surface area contributed by atoms with E-state index in [9.17, 15) is 4.79 Å². The van der Waals surface area contributed by atoms with E-state index in [1.54, 1.807) is 12.1 Å². The summed E-state index contributed by atoms with van der Waals surface area (Å²) in [5, 5.41) is 10.3. The molecule has 0 spiro atoms. The molecule has 0 aliphatic carbocycles. The van der Waals surface area contributed by atoms with Gasteiger partial charge in [0.2, 0.25) is 0 Å². The fourth-order valence-corrected chi connectivity index (χ4v) is 3.07. The van der Waals surface area contributed by atoms with E-state index < -0.39 is 5.97 Å². The van der Waals surface area contributed by atoms with Gasteiger partial charge in [-0.15, -0.1) is 11.3 Å². The summed E-state index contributed by atoms with van der Waals surface area (Å²) >= 11 is 7.63. The molecule has 3 nitrogen and oxygen atoms in total. The molecule has 0 unspecified atom stereocenters. The highest BCUT2D eigenvalue weighted by Crippen LogP contribution is 2.34. The number of rotatable bonds is 2. The number of para-hydroxylation sites is 1. The second kappa shape index (κ2) is 4.64. The van der Waals surface area contributed by atoms with Gasteiger partial charge in [-0.05, 0) is 30.3 Å². The summed E-state index contributed by atoms with van der Waals surface area (Å²) in [5.74, 6) is -0.973. The van der Waals surface area contributed by atoms with Crippen LogP contribution in [-0.4, -0.2) is 16.1 Å². The van der Waals surface area contributed by atoms with Crippen LogP contribution in [0, 0.1) is 0 Å². The number of benzene rings is 2. The van der Waals surface area contributed by atoms with Crippen molar-refractivity contribution in [1.29, 1.82) is 0 Å². The Morgan fingerprint density at radius 1 is 1.21 bits per heavy atom. The smallest absolute Gasteiger partial charge is 0.335 e. The first-order chi connectivity index (χ1) is 9.15. The molecule has 2 aromatic carbocycles. The van der Waals surface area contributed by atoms with Crippen molar-refractivity contribution in [2.24, 2.45) is 0 Å². The molecule has 1 N–H and O–H groups in total. The number of fused-ring (bicyclic) bond motifs is 1. The number of halogens is 1. The second-order valence-corrected chi connectivity index (χ2v) is 5.42. The van der Waals surface area contributed by atoms with Gasteiger partial charge in [-0.25, -0.2) is 9.78 Å². The van der Waals surface area contributed by atoms with Crippen LogP contribution < -0.4 is 0 Å². The van der Waals surface area contributed by atoms with Crippen molar-refractivity contribution in [1.82, 2.24) is 4.98 Å². The Hall–Kier alpha value is -1.91. The molecule has 0 saturated carbocycles. The van der Waals surface area contributed by atoms with Crippen LogP contribution in [-0.2, 0) is 0 Å². The van der Waals surface area contributed by atoms with Gasteiger partial charge in [0.1, 0.15) is 5.01 Å². The minimum Gasteiger partial charge on any atom is -0.478 e. The Labute approximate surface area is 118 Å². The van der Waals surface area contributed by atoms with E-state index in [0.717, 1.165) is 15.2 Å². The quantitative estimate of drug-likeness (QED) is 0.764. The third-order valence-corrected chi connectivity index (χ3v) is 4.14. The SMILES string of the molecule is O=C(O)c1ccc(Cl)c(-c2nc3ccccc3s2)c1.